The minimum Gasteiger partial charge on any atom is -0.496 e. The molecule has 2 aromatic rings. The number of amides is 1. The van der Waals surface area contributed by atoms with E-state index in [4.69, 9.17) is 14.2 Å². The van der Waals surface area contributed by atoms with Crippen LogP contribution in [0.3, 0.4) is 0 Å². The van der Waals surface area contributed by atoms with Crippen LogP contribution in [0, 0.1) is 0 Å². The van der Waals surface area contributed by atoms with Gasteiger partial charge in [0.05, 0.1) is 26.9 Å². The second-order valence-electron chi connectivity index (χ2n) is 11.4. The van der Waals surface area contributed by atoms with Gasteiger partial charge in [0, 0.05) is 24.5 Å². The molecule has 3 heterocycles. The Bertz CT molecular complexity index is 1110. The Hall–Kier alpha value is -2.77. The lowest BCUT2D eigenvalue weighted by Crippen LogP contribution is -2.47. The zero-order chi connectivity index (χ0) is 27.2. The van der Waals surface area contributed by atoms with Crippen molar-refractivity contribution in [3.63, 3.8) is 0 Å². The highest BCUT2D eigenvalue weighted by Gasteiger charge is 2.42. The fourth-order valence-corrected chi connectivity index (χ4v) is 6.95. The molecule has 0 aliphatic carbocycles. The molecule has 3 fully saturated rings. The Morgan fingerprint density at radius 3 is 2.28 bits per heavy atom. The molecule has 0 unspecified atom stereocenters. The van der Waals surface area contributed by atoms with Gasteiger partial charge in [-0.3, -0.25) is 4.79 Å². The summed E-state index contributed by atoms with van der Waals surface area (Å²) in [5, 5.41) is 0. The lowest BCUT2D eigenvalue weighted by atomic mass is 9.76. The van der Waals surface area contributed by atoms with Gasteiger partial charge in [0.25, 0.3) is 5.91 Å². The van der Waals surface area contributed by atoms with Crippen molar-refractivity contribution in [2.45, 2.75) is 56.4 Å². The van der Waals surface area contributed by atoms with E-state index in [9.17, 15) is 4.79 Å². The summed E-state index contributed by atoms with van der Waals surface area (Å²) in [6.45, 7) is 7.33. The van der Waals surface area contributed by atoms with Crippen molar-refractivity contribution in [2.24, 2.45) is 0 Å². The lowest BCUT2D eigenvalue weighted by molar-refractivity contribution is 0.0768. The summed E-state index contributed by atoms with van der Waals surface area (Å²) in [6, 6.07) is 14.6. The molecule has 2 aromatic carbocycles. The molecule has 1 amide bonds. The summed E-state index contributed by atoms with van der Waals surface area (Å²) in [6.07, 6.45) is 8.57. The Kier molecular flexibility index (Phi) is 8.98. The Labute approximate surface area is 234 Å². The summed E-state index contributed by atoms with van der Waals surface area (Å²) >= 11 is 0. The van der Waals surface area contributed by atoms with Crippen LogP contribution < -0.4 is 14.2 Å². The van der Waals surface area contributed by atoms with Crippen LogP contribution in [0.5, 0.6) is 17.2 Å². The molecule has 1 atom stereocenters. The summed E-state index contributed by atoms with van der Waals surface area (Å²) in [4.78, 5) is 21.0. The maximum Gasteiger partial charge on any atom is 0.257 e. The Morgan fingerprint density at radius 2 is 1.56 bits per heavy atom. The topological polar surface area (TPSA) is 54.5 Å². The van der Waals surface area contributed by atoms with Crippen molar-refractivity contribution < 1.29 is 19.0 Å². The minimum absolute atomic E-state index is 0.0390. The normalized spacial score (nSPS) is 23.1. The van der Waals surface area contributed by atoms with E-state index < -0.39 is 0 Å². The van der Waals surface area contributed by atoms with Gasteiger partial charge >= 0.3 is 0 Å². The molecule has 0 bridgehead atoms. The van der Waals surface area contributed by atoms with Gasteiger partial charge < -0.3 is 28.9 Å². The first-order valence-electron chi connectivity index (χ1n) is 14.7. The van der Waals surface area contributed by atoms with Crippen molar-refractivity contribution in [2.75, 3.05) is 67.1 Å². The largest absolute Gasteiger partial charge is 0.496 e. The number of hydrogen-bond acceptors (Lipinski definition) is 6. The van der Waals surface area contributed by atoms with E-state index in [0.717, 1.165) is 56.6 Å². The first-order chi connectivity index (χ1) is 19.1. The van der Waals surface area contributed by atoms with Crippen molar-refractivity contribution in [3.8, 4) is 17.2 Å². The fraction of sp³-hybridized carbons (Fsp3) is 0.594. The second-order valence-corrected chi connectivity index (χ2v) is 11.4. The highest BCUT2D eigenvalue weighted by molar-refractivity contribution is 5.97. The van der Waals surface area contributed by atoms with Gasteiger partial charge in [0.15, 0.2) is 11.5 Å². The smallest absolute Gasteiger partial charge is 0.257 e. The fourth-order valence-electron chi connectivity index (χ4n) is 6.95. The molecule has 0 N–H and O–H groups in total. The van der Waals surface area contributed by atoms with Gasteiger partial charge in [-0.2, -0.15) is 0 Å². The first kappa shape index (κ1) is 27.8. The predicted octanol–water partition coefficient (Wildman–Crippen LogP) is 4.84. The van der Waals surface area contributed by atoms with Crippen molar-refractivity contribution in [1.82, 2.24) is 14.7 Å². The predicted molar refractivity (Wildman–Crippen MR) is 154 cm³/mol. The van der Waals surface area contributed by atoms with Crippen LogP contribution in [-0.2, 0) is 5.41 Å². The second kappa shape index (κ2) is 12.6. The highest BCUT2D eigenvalue weighted by atomic mass is 16.5. The third kappa shape index (κ3) is 6.04. The summed E-state index contributed by atoms with van der Waals surface area (Å²) in [5.41, 5.74) is 1.71. The van der Waals surface area contributed by atoms with Crippen LogP contribution in [0.15, 0.2) is 42.5 Å². The standard InChI is InChI=1S/C32H45N3O4/c1-37-28-10-6-5-9-27(28)31(36)35-22-16-32(24-35,25-11-12-29(38-2)30(23-25)39-3)15-21-33-19-13-26(14-20-33)34-17-7-4-8-18-34/h5-6,9-12,23,26H,4,7-8,13-22,24H2,1-3H3/t32-/m1/s1. The van der Waals surface area contributed by atoms with Gasteiger partial charge in [-0.05, 0) is 101 Å². The molecule has 39 heavy (non-hydrogen) atoms. The van der Waals surface area contributed by atoms with E-state index in [1.165, 1.54) is 50.8 Å². The third-order valence-corrected chi connectivity index (χ3v) is 9.35. The van der Waals surface area contributed by atoms with Crippen LogP contribution in [-0.4, -0.2) is 93.8 Å². The van der Waals surface area contributed by atoms with Crippen LogP contribution >= 0.6 is 0 Å². The number of benzene rings is 2. The molecule has 3 saturated heterocycles. The first-order valence-corrected chi connectivity index (χ1v) is 14.7. The monoisotopic (exact) mass is 535 g/mol. The molecule has 0 aromatic heterocycles. The maximum absolute atomic E-state index is 13.6. The molecular weight excluding hydrogens is 490 g/mol. The summed E-state index contributed by atoms with van der Waals surface area (Å²) in [5.74, 6) is 2.14. The number of carbonyl (C=O) groups is 1. The zero-order valence-electron chi connectivity index (χ0n) is 24.0. The summed E-state index contributed by atoms with van der Waals surface area (Å²) in [7, 11) is 4.98. The van der Waals surface area contributed by atoms with E-state index >= 15 is 0 Å². The SMILES string of the molecule is COc1ccc([C@]2(CCN3CCC(N4CCCCC4)CC3)CCN(C(=O)c3ccccc3OC)C2)cc1OC. The highest BCUT2D eigenvalue weighted by Crippen LogP contribution is 2.42. The third-order valence-electron chi connectivity index (χ3n) is 9.35. The Morgan fingerprint density at radius 1 is 0.846 bits per heavy atom. The zero-order valence-corrected chi connectivity index (χ0v) is 24.0. The molecule has 212 valence electrons. The van der Waals surface area contributed by atoms with E-state index in [1.807, 2.05) is 35.2 Å². The molecule has 0 radical (unpaired) electrons. The molecule has 3 aliphatic heterocycles. The van der Waals surface area contributed by atoms with E-state index in [2.05, 4.69) is 21.9 Å². The molecule has 0 spiro atoms. The number of likely N-dealkylation sites (tertiary alicyclic amines) is 3. The van der Waals surface area contributed by atoms with E-state index in [-0.39, 0.29) is 11.3 Å². The number of para-hydroxylation sites is 1. The molecule has 5 rings (SSSR count). The lowest BCUT2D eigenvalue weighted by Gasteiger charge is -2.41. The average molecular weight is 536 g/mol. The van der Waals surface area contributed by atoms with Gasteiger partial charge in [-0.1, -0.05) is 24.6 Å². The van der Waals surface area contributed by atoms with Crippen LogP contribution in [0.25, 0.3) is 0 Å². The number of ether oxygens (including phenoxy) is 3. The molecular formula is C32H45N3O4. The van der Waals surface area contributed by atoms with Crippen molar-refractivity contribution in [1.29, 1.82) is 0 Å². The quantitative estimate of drug-likeness (QED) is 0.458. The summed E-state index contributed by atoms with van der Waals surface area (Å²) < 4.78 is 16.7. The maximum atomic E-state index is 13.6. The van der Waals surface area contributed by atoms with Gasteiger partial charge in [0.1, 0.15) is 5.75 Å². The molecule has 0 saturated carbocycles. The molecule has 7 heteroatoms. The molecule has 3 aliphatic rings. The number of nitrogens with zero attached hydrogens (tertiary/aromatic N) is 3. The van der Waals surface area contributed by atoms with E-state index in [1.54, 1.807) is 21.3 Å². The van der Waals surface area contributed by atoms with Crippen LogP contribution in [0.4, 0.5) is 0 Å². The Balaban J connectivity index is 1.32. The van der Waals surface area contributed by atoms with Gasteiger partial charge in [-0.15, -0.1) is 0 Å². The van der Waals surface area contributed by atoms with Crippen LogP contribution in [0.1, 0.15) is 60.9 Å². The van der Waals surface area contributed by atoms with Crippen molar-refractivity contribution in [3.05, 3.63) is 53.6 Å². The number of methoxy groups -OCH3 is 3. The minimum atomic E-state index is -0.138. The van der Waals surface area contributed by atoms with Crippen molar-refractivity contribution >= 4 is 5.91 Å². The number of piperidine rings is 2. The van der Waals surface area contributed by atoms with E-state index in [0.29, 0.717) is 17.9 Å². The van der Waals surface area contributed by atoms with Gasteiger partial charge in [0.2, 0.25) is 0 Å². The van der Waals surface area contributed by atoms with Crippen LogP contribution in [0.2, 0.25) is 0 Å². The van der Waals surface area contributed by atoms with Gasteiger partial charge in [-0.25, -0.2) is 0 Å². The number of hydrogen-bond donors (Lipinski definition) is 0. The number of rotatable bonds is 9. The molecule has 7 nitrogen and oxygen atoms in total. The number of carbonyl (C=O) groups excluding carboxylic acids is 1. The average Bonchev–Trinajstić information content (AvgIpc) is 3.45.